The van der Waals surface area contributed by atoms with E-state index < -0.39 is 0 Å². The summed E-state index contributed by atoms with van der Waals surface area (Å²) in [6, 6.07) is 17.4. The molecular formula is C22H16N4O. The molecule has 0 fully saturated rings. The fourth-order valence-electron chi connectivity index (χ4n) is 2.73. The molecule has 1 N–H and O–H groups in total. The van der Waals surface area contributed by atoms with Crippen LogP contribution in [0.4, 0.5) is 11.5 Å². The van der Waals surface area contributed by atoms with Gasteiger partial charge in [-0.05, 0) is 54.8 Å². The van der Waals surface area contributed by atoms with E-state index in [1.165, 1.54) is 0 Å². The molecule has 2 aromatic heterocycles. The van der Waals surface area contributed by atoms with Crippen LogP contribution in [0.5, 0.6) is 11.5 Å². The molecule has 0 aliphatic rings. The Morgan fingerprint density at radius 3 is 2.67 bits per heavy atom. The molecule has 0 amide bonds. The first-order valence-electron chi connectivity index (χ1n) is 8.42. The molecular weight excluding hydrogens is 336 g/mol. The van der Waals surface area contributed by atoms with Gasteiger partial charge in [-0.2, -0.15) is 0 Å². The van der Waals surface area contributed by atoms with E-state index in [2.05, 4.69) is 26.2 Å². The average Bonchev–Trinajstić information content (AvgIpc) is 2.70. The molecule has 0 aliphatic carbocycles. The molecule has 130 valence electrons. The number of rotatable bonds is 4. The molecule has 0 bridgehead atoms. The summed E-state index contributed by atoms with van der Waals surface area (Å²) in [5.74, 6) is 5.05. The monoisotopic (exact) mass is 352 g/mol. The van der Waals surface area contributed by atoms with Crippen LogP contribution in [0.1, 0.15) is 11.4 Å². The van der Waals surface area contributed by atoms with Gasteiger partial charge < -0.3 is 10.1 Å². The van der Waals surface area contributed by atoms with Gasteiger partial charge in [0.05, 0.1) is 11.7 Å². The SMILES string of the molecule is C#Cc1nc(Nc2ccc(Oc3ccccc3)c(C)c2)c2ccncc2n1. The highest BCUT2D eigenvalue weighted by atomic mass is 16.5. The maximum atomic E-state index is 5.93. The van der Waals surface area contributed by atoms with Crippen molar-refractivity contribution < 1.29 is 4.74 Å². The summed E-state index contributed by atoms with van der Waals surface area (Å²) >= 11 is 0. The summed E-state index contributed by atoms with van der Waals surface area (Å²) in [7, 11) is 0. The maximum Gasteiger partial charge on any atom is 0.207 e. The van der Waals surface area contributed by atoms with Gasteiger partial charge in [0.1, 0.15) is 17.3 Å². The first kappa shape index (κ1) is 16.6. The molecule has 2 aromatic carbocycles. The molecule has 0 saturated heterocycles. The second-order valence-corrected chi connectivity index (χ2v) is 5.95. The largest absolute Gasteiger partial charge is 0.457 e. The van der Waals surface area contributed by atoms with E-state index >= 15 is 0 Å². The Hall–Kier alpha value is -3.91. The predicted molar refractivity (Wildman–Crippen MR) is 106 cm³/mol. The number of hydrogen-bond acceptors (Lipinski definition) is 5. The van der Waals surface area contributed by atoms with Crippen molar-refractivity contribution in [3.05, 3.63) is 78.4 Å². The van der Waals surface area contributed by atoms with Gasteiger partial charge >= 0.3 is 0 Å². The molecule has 0 radical (unpaired) electrons. The fraction of sp³-hybridized carbons (Fsp3) is 0.0455. The Morgan fingerprint density at radius 2 is 1.89 bits per heavy atom. The number of pyridine rings is 1. The lowest BCUT2D eigenvalue weighted by Crippen LogP contribution is -2.00. The van der Waals surface area contributed by atoms with Crippen molar-refractivity contribution >= 4 is 22.4 Å². The van der Waals surface area contributed by atoms with E-state index in [-0.39, 0.29) is 0 Å². The van der Waals surface area contributed by atoms with Crippen molar-refractivity contribution in [3.8, 4) is 23.8 Å². The summed E-state index contributed by atoms with van der Waals surface area (Å²) < 4.78 is 5.93. The van der Waals surface area contributed by atoms with Gasteiger partial charge in [0, 0.05) is 17.3 Å². The number of terminal acetylenes is 1. The van der Waals surface area contributed by atoms with E-state index in [0.29, 0.717) is 17.2 Å². The molecule has 0 aliphatic heterocycles. The number of nitrogens with zero attached hydrogens (tertiary/aromatic N) is 3. The van der Waals surface area contributed by atoms with Crippen LogP contribution in [0.15, 0.2) is 67.0 Å². The molecule has 4 rings (SSSR count). The highest BCUT2D eigenvalue weighted by molar-refractivity contribution is 5.90. The third-order valence-electron chi connectivity index (χ3n) is 4.04. The number of benzene rings is 2. The van der Waals surface area contributed by atoms with Crippen molar-refractivity contribution in [3.63, 3.8) is 0 Å². The zero-order valence-corrected chi connectivity index (χ0v) is 14.7. The van der Waals surface area contributed by atoms with Crippen LogP contribution in [0.25, 0.3) is 10.9 Å². The second-order valence-electron chi connectivity index (χ2n) is 5.95. The molecule has 0 saturated carbocycles. The van der Waals surface area contributed by atoms with Crippen LogP contribution in [-0.4, -0.2) is 15.0 Å². The van der Waals surface area contributed by atoms with Gasteiger partial charge in [-0.3, -0.25) is 4.98 Å². The fourth-order valence-corrected chi connectivity index (χ4v) is 2.73. The zero-order valence-electron chi connectivity index (χ0n) is 14.7. The molecule has 0 unspecified atom stereocenters. The third kappa shape index (κ3) is 3.55. The third-order valence-corrected chi connectivity index (χ3v) is 4.04. The van der Waals surface area contributed by atoms with Crippen molar-refractivity contribution in [2.75, 3.05) is 5.32 Å². The normalized spacial score (nSPS) is 10.4. The van der Waals surface area contributed by atoms with Gasteiger partial charge in [-0.15, -0.1) is 6.42 Å². The van der Waals surface area contributed by atoms with E-state index in [0.717, 1.165) is 28.1 Å². The number of aromatic nitrogens is 3. The Balaban J connectivity index is 1.65. The second kappa shape index (κ2) is 7.14. The zero-order chi connectivity index (χ0) is 18.6. The van der Waals surface area contributed by atoms with Crippen molar-refractivity contribution in [1.29, 1.82) is 0 Å². The van der Waals surface area contributed by atoms with Crippen LogP contribution in [0.3, 0.4) is 0 Å². The molecule has 5 nitrogen and oxygen atoms in total. The van der Waals surface area contributed by atoms with Gasteiger partial charge in [-0.1, -0.05) is 18.2 Å². The molecule has 0 atom stereocenters. The van der Waals surface area contributed by atoms with Crippen LogP contribution in [-0.2, 0) is 0 Å². The topological polar surface area (TPSA) is 59.9 Å². The van der Waals surface area contributed by atoms with Crippen LogP contribution in [0, 0.1) is 19.3 Å². The van der Waals surface area contributed by atoms with Crippen LogP contribution < -0.4 is 10.1 Å². The van der Waals surface area contributed by atoms with E-state index in [9.17, 15) is 0 Å². The number of para-hydroxylation sites is 1. The number of aryl methyl sites for hydroxylation is 1. The first-order valence-corrected chi connectivity index (χ1v) is 8.42. The van der Waals surface area contributed by atoms with Gasteiger partial charge in [0.15, 0.2) is 0 Å². The Kier molecular flexibility index (Phi) is 4.38. The van der Waals surface area contributed by atoms with Gasteiger partial charge in [0.25, 0.3) is 0 Å². The van der Waals surface area contributed by atoms with Crippen molar-refractivity contribution in [2.45, 2.75) is 6.92 Å². The molecule has 27 heavy (non-hydrogen) atoms. The summed E-state index contributed by atoms with van der Waals surface area (Å²) in [6.45, 7) is 2.00. The maximum absolute atomic E-state index is 5.93. The number of ether oxygens (including phenoxy) is 1. The van der Waals surface area contributed by atoms with Crippen LogP contribution in [0.2, 0.25) is 0 Å². The minimum atomic E-state index is 0.318. The minimum absolute atomic E-state index is 0.318. The summed E-state index contributed by atoms with van der Waals surface area (Å²) in [5.41, 5.74) is 2.58. The van der Waals surface area contributed by atoms with E-state index in [4.69, 9.17) is 11.2 Å². The number of nitrogens with one attached hydrogen (secondary N) is 1. The smallest absolute Gasteiger partial charge is 0.207 e. The summed E-state index contributed by atoms with van der Waals surface area (Å²) in [6.07, 6.45) is 8.86. The number of fused-ring (bicyclic) bond motifs is 1. The lowest BCUT2D eigenvalue weighted by molar-refractivity contribution is 0.479. The number of anilines is 2. The van der Waals surface area contributed by atoms with E-state index in [1.54, 1.807) is 12.4 Å². The lowest BCUT2D eigenvalue weighted by Gasteiger charge is -2.12. The highest BCUT2D eigenvalue weighted by Crippen LogP contribution is 2.29. The number of hydrogen-bond donors (Lipinski definition) is 1. The molecule has 5 heteroatoms. The summed E-state index contributed by atoms with van der Waals surface area (Å²) in [4.78, 5) is 12.8. The van der Waals surface area contributed by atoms with Crippen LogP contribution >= 0.6 is 0 Å². The Morgan fingerprint density at radius 1 is 1.04 bits per heavy atom. The lowest BCUT2D eigenvalue weighted by atomic mass is 10.2. The standard InChI is InChI=1S/C22H16N4O/c1-3-21-25-19-14-23-12-11-18(19)22(26-21)24-16-9-10-20(15(2)13-16)27-17-7-5-4-6-8-17/h1,4-14H,2H3,(H,24,25,26). The molecule has 4 aromatic rings. The molecule has 0 spiro atoms. The van der Waals surface area contributed by atoms with E-state index in [1.807, 2.05) is 61.5 Å². The van der Waals surface area contributed by atoms with Crippen molar-refractivity contribution in [2.24, 2.45) is 0 Å². The quantitative estimate of drug-likeness (QED) is 0.532. The van der Waals surface area contributed by atoms with Gasteiger partial charge in [0.2, 0.25) is 5.82 Å². The first-order chi connectivity index (χ1) is 13.2. The predicted octanol–water partition coefficient (Wildman–Crippen LogP) is 4.85. The Labute approximate surface area is 157 Å². The van der Waals surface area contributed by atoms with Gasteiger partial charge in [-0.25, -0.2) is 9.97 Å². The average molecular weight is 352 g/mol. The Bertz CT molecular complexity index is 1150. The van der Waals surface area contributed by atoms with Crippen molar-refractivity contribution in [1.82, 2.24) is 15.0 Å². The highest BCUT2D eigenvalue weighted by Gasteiger charge is 2.09. The minimum Gasteiger partial charge on any atom is -0.457 e. The summed E-state index contributed by atoms with van der Waals surface area (Å²) in [5, 5.41) is 4.18. The molecule has 2 heterocycles.